The van der Waals surface area contributed by atoms with Crippen molar-refractivity contribution in [1.82, 2.24) is 9.13 Å². The first kappa shape index (κ1) is 56.9. The Balaban J connectivity index is 0.000000133. The van der Waals surface area contributed by atoms with Gasteiger partial charge in [0.05, 0.1) is 99.3 Å². The molecule has 14 heteroatoms. The van der Waals surface area contributed by atoms with E-state index in [1.165, 1.54) is 0 Å². The third-order valence-corrected chi connectivity index (χ3v) is 19.9. The van der Waals surface area contributed by atoms with Crippen LogP contribution in [0.5, 0.6) is 23.0 Å². The molecule has 0 saturated heterocycles. The Morgan fingerprint density at radius 3 is 0.833 bits per heavy atom. The maximum absolute atomic E-state index is 14.3. The van der Waals surface area contributed by atoms with Crippen LogP contribution in [0.2, 0.25) is 0 Å². The van der Waals surface area contributed by atoms with Gasteiger partial charge in [0, 0.05) is 45.1 Å². The van der Waals surface area contributed by atoms with Crippen molar-refractivity contribution in [3.8, 4) is 34.4 Å². The smallest absolute Gasteiger partial charge is 0.200 e. The fourth-order valence-electron chi connectivity index (χ4n) is 15.4. The molecule has 0 spiro atoms. The molecule has 0 aliphatic carbocycles. The summed E-state index contributed by atoms with van der Waals surface area (Å²) in [5, 5.41) is 7.46. The molecule has 0 fully saturated rings. The van der Waals surface area contributed by atoms with Gasteiger partial charge in [-0.25, -0.2) is 0 Å². The first-order valence-electron chi connectivity index (χ1n) is 33.3. The number of aromatic nitrogens is 2. The summed E-state index contributed by atoms with van der Waals surface area (Å²) in [6.07, 6.45) is 0. The number of benzene rings is 14. The van der Waals surface area contributed by atoms with Crippen molar-refractivity contribution in [2.75, 3.05) is 9.80 Å². The fraction of sp³-hybridized carbons (Fsp3) is 0. The summed E-state index contributed by atoms with van der Waals surface area (Å²) >= 11 is 0. The van der Waals surface area contributed by atoms with E-state index in [9.17, 15) is 19.2 Å². The largest absolute Gasteiger partial charge is 0.456 e. The number of nitrogens with zero attached hydrogens (tertiary/aromatic N) is 4. The van der Waals surface area contributed by atoms with Crippen molar-refractivity contribution in [2.24, 2.45) is 0 Å². The number of rotatable bonds is 4. The van der Waals surface area contributed by atoms with Crippen LogP contribution in [-0.4, -0.2) is 9.13 Å². The summed E-state index contributed by atoms with van der Waals surface area (Å²) in [6, 6.07) is 93.0. The van der Waals surface area contributed by atoms with Gasteiger partial charge in [-0.05, 0) is 146 Å². The van der Waals surface area contributed by atoms with E-state index in [-0.39, 0.29) is 21.7 Å². The van der Waals surface area contributed by atoms with Gasteiger partial charge in [-0.3, -0.25) is 29.0 Å². The summed E-state index contributed by atoms with van der Waals surface area (Å²) in [7, 11) is 0. The van der Waals surface area contributed by atoms with Crippen LogP contribution in [0.25, 0.3) is 143 Å². The zero-order valence-corrected chi connectivity index (χ0v) is 53.6. The van der Waals surface area contributed by atoms with Gasteiger partial charge in [0.1, 0.15) is 33.5 Å². The van der Waals surface area contributed by atoms with Gasteiger partial charge in [-0.2, -0.15) is 0 Å². The molecule has 0 atom stereocenters. The molecule has 0 saturated carbocycles. The van der Waals surface area contributed by atoms with Gasteiger partial charge in [-0.1, -0.05) is 133 Å². The van der Waals surface area contributed by atoms with E-state index in [0.717, 1.165) is 77.7 Å². The molecule has 480 valence electrons. The second kappa shape index (κ2) is 21.6. The first-order chi connectivity index (χ1) is 50.2. The molecular formula is C88H48N4O10. The number of anilines is 6. The zero-order chi connectivity index (χ0) is 67.6. The standard InChI is InChI=1S/C44H24N2O6.C44H24N2O4/c47-41-25-11-9-17-33(45-29-13-1-5-19-35(29)49-36-20-6-2-14-30(36)45)43(25)51-39-24-40-28(23-27(39)41)42(48)26-12-10-18-34(44(26)52-40)46-31-15-3-7-21-37(31)50-38-22-8-4-16-32(38)46;47-43-31-21-25(45-35-13-5-1-9-27(35)28-10-2-6-14-36(28)45)17-19-39(31)49-41-24-42-34(23-33(41)43)44(48)32-22-26(18-20-40(32)50-42)46-37-15-7-3-11-29(37)30-12-4-8-16-38(30)46/h1-24H;1-24H. The van der Waals surface area contributed by atoms with E-state index in [4.69, 9.17) is 27.1 Å². The van der Waals surface area contributed by atoms with E-state index in [0.29, 0.717) is 122 Å². The minimum Gasteiger partial charge on any atom is -0.456 e. The molecule has 20 aromatic rings. The Morgan fingerprint density at radius 2 is 0.480 bits per heavy atom. The first-order valence-corrected chi connectivity index (χ1v) is 33.3. The third kappa shape index (κ3) is 8.34. The van der Waals surface area contributed by atoms with Crippen molar-refractivity contribution in [3.05, 3.63) is 332 Å². The maximum Gasteiger partial charge on any atom is 0.200 e. The molecule has 14 nitrogen and oxygen atoms in total. The molecule has 22 rings (SSSR count). The van der Waals surface area contributed by atoms with Crippen LogP contribution in [0.3, 0.4) is 0 Å². The Morgan fingerprint density at radius 1 is 0.206 bits per heavy atom. The van der Waals surface area contributed by atoms with Crippen LogP contribution in [-0.2, 0) is 0 Å². The van der Waals surface area contributed by atoms with Crippen molar-refractivity contribution in [1.29, 1.82) is 0 Å². The van der Waals surface area contributed by atoms with E-state index in [1.807, 2.05) is 216 Å². The lowest BCUT2D eigenvalue weighted by Gasteiger charge is -2.33. The van der Waals surface area contributed by atoms with Crippen LogP contribution in [0, 0.1) is 0 Å². The number of para-hydroxylation sites is 14. The van der Waals surface area contributed by atoms with Crippen LogP contribution >= 0.6 is 0 Å². The maximum atomic E-state index is 14.3. The molecule has 0 unspecified atom stereocenters. The molecule has 6 aromatic heterocycles. The molecule has 0 amide bonds. The number of hydrogen-bond donors (Lipinski definition) is 0. The summed E-state index contributed by atoms with van der Waals surface area (Å²) in [4.78, 5) is 61.1. The van der Waals surface area contributed by atoms with Crippen molar-refractivity contribution < 1.29 is 27.1 Å². The van der Waals surface area contributed by atoms with E-state index in [1.54, 1.807) is 36.4 Å². The molecule has 8 heterocycles. The fourth-order valence-corrected chi connectivity index (χ4v) is 15.4. The predicted octanol–water partition coefficient (Wildman–Crippen LogP) is 21.8. The lowest BCUT2D eigenvalue weighted by Crippen LogP contribution is -2.17. The average Bonchev–Trinajstić information content (AvgIpc) is 0.931. The normalized spacial score (nSPS) is 12.6. The van der Waals surface area contributed by atoms with Crippen LogP contribution in [0.4, 0.5) is 34.1 Å². The Labute approximate surface area is 574 Å². The third-order valence-electron chi connectivity index (χ3n) is 19.9. The summed E-state index contributed by atoms with van der Waals surface area (Å²) in [6.45, 7) is 0. The highest BCUT2D eigenvalue weighted by atomic mass is 16.5. The highest BCUT2D eigenvalue weighted by Crippen LogP contribution is 2.54. The van der Waals surface area contributed by atoms with E-state index >= 15 is 0 Å². The summed E-state index contributed by atoms with van der Waals surface area (Å²) in [5.74, 6) is 2.73. The zero-order valence-electron chi connectivity index (χ0n) is 53.6. The summed E-state index contributed by atoms with van der Waals surface area (Å²) < 4.78 is 42.8. The second-order valence-corrected chi connectivity index (χ2v) is 25.6. The average molecular weight is 1320 g/mol. The van der Waals surface area contributed by atoms with Gasteiger partial charge >= 0.3 is 0 Å². The molecule has 0 N–H and O–H groups in total. The Hall–Kier alpha value is -14.2. The van der Waals surface area contributed by atoms with Gasteiger partial charge in [0.25, 0.3) is 0 Å². The topological polar surface area (TPSA) is 156 Å². The molecule has 0 bridgehead atoms. The highest BCUT2D eigenvalue weighted by molar-refractivity contribution is 6.12. The molecule has 2 aliphatic heterocycles. The lowest BCUT2D eigenvalue weighted by molar-refractivity contribution is 0.476. The number of fused-ring (bicyclic) bond motifs is 18. The number of hydrogen-bond acceptors (Lipinski definition) is 12. The molecular weight excluding hydrogens is 1270 g/mol. The molecule has 102 heavy (non-hydrogen) atoms. The van der Waals surface area contributed by atoms with Crippen LogP contribution in [0.15, 0.2) is 328 Å². The summed E-state index contributed by atoms with van der Waals surface area (Å²) in [5.41, 5.74) is 12.7. The monoisotopic (exact) mass is 1320 g/mol. The van der Waals surface area contributed by atoms with Crippen molar-refractivity contribution >= 4 is 165 Å². The predicted molar refractivity (Wildman–Crippen MR) is 405 cm³/mol. The lowest BCUT2D eigenvalue weighted by atomic mass is 10.0. The van der Waals surface area contributed by atoms with Crippen LogP contribution in [0.1, 0.15) is 0 Å². The van der Waals surface area contributed by atoms with Gasteiger partial charge < -0.3 is 36.3 Å². The van der Waals surface area contributed by atoms with Crippen molar-refractivity contribution in [3.63, 3.8) is 0 Å². The minimum absolute atomic E-state index is 0.204. The van der Waals surface area contributed by atoms with Gasteiger partial charge in [0.15, 0.2) is 34.2 Å². The van der Waals surface area contributed by atoms with Crippen molar-refractivity contribution in [2.45, 2.75) is 0 Å². The second-order valence-electron chi connectivity index (χ2n) is 25.6. The highest BCUT2D eigenvalue weighted by Gasteiger charge is 2.31. The molecule has 2 aliphatic rings. The quantitative estimate of drug-likeness (QED) is 0.154. The van der Waals surface area contributed by atoms with E-state index < -0.39 is 0 Å². The van der Waals surface area contributed by atoms with Crippen LogP contribution < -0.4 is 41.0 Å². The Kier molecular flexibility index (Phi) is 12.1. The van der Waals surface area contributed by atoms with Gasteiger partial charge in [-0.15, -0.1) is 0 Å². The van der Waals surface area contributed by atoms with Gasteiger partial charge in [0.2, 0.25) is 21.7 Å². The molecule has 14 aromatic carbocycles. The van der Waals surface area contributed by atoms with E-state index in [2.05, 4.69) is 57.7 Å². The Bertz CT molecular complexity index is 6740. The molecule has 0 radical (unpaired) electrons. The SMILES string of the molecule is O=c1c2cc(-n3c4ccccc4c4ccccc43)ccc2oc2cc3oc4ccc(-n5c6ccccc6c6ccccc65)cc4c(=O)c3cc12.O=c1c2cc3c(=O)c4cccc(N5c6ccccc6Oc6ccccc65)c4oc3cc2oc2c(N3c4ccccc4Oc4ccccc43)cccc12. The minimum atomic E-state index is -0.246. The number of ether oxygens (including phenoxy) is 2.